The smallest absolute Gasteiger partial charge is 0.295 e. The Kier molecular flexibility index (Phi) is 8.70. The second-order valence-corrected chi connectivity index (χ2v) is 9.14. The van der Waals surface area contributed by atoms with Crippen LogP contribution in [0.4, 0.5) is 0 Å². The summed E-state index contributed by atoms with van der Waals surface area (Å²) < 4.78 is 21.9. The number of aryl methyl sites for hydroxylation is 1. The molecule has 1 amide bonds. The minimum absolute atomic E-state index is 0.0343. The average molecular weight is 523 g/mol. The van der Waals surface area contributed by atoms with Crippen LogP contribution in [0.25, 0.3) is 5.76 Å². The first-order valence-electron chi connectivity index (χ1n) is 12.5. The summed E-state index contributed by atoms with van der Waals surface area (Å²) in [5.41, 5.74) is 1.82. The molecule has 0 bridgehead atoms. The Balaban J connectivity index is 1.78. The fourth-order valence-electron chi connectivity index (χ4n) is 4.85. The van der Waals surface area contributed by atoms with Gasteiger partial charge in [-0.05, 0) is 48.4 Å². The number of amides is 1. The Morgan fingerprint density at radius 3 is 2.47 bits per heavy atom. The predicted octanol–water partition coefficient (Wildman–Crippen LogP) is 3.33. The molecule has 2 saturated heterocycles. The number of likely N-dealkylation sites (tertiary alicyclic amines) is 1. The molecule has 38 heavy (non-hydrogen) atoms. The molecule has 2 aliphatic heterocycles. The summed E-state index contributed by atoms with van der Waals surface area (Å²) in [5.74, 6) is -0.0129. The number of ketones is 1. The van der Waals surface area contributed by atoms with Gasteiger partial charge in [0.2, 0.25) is 0 Å². The lowest BCUT2D eigenvalue weighted by Gasteiger charge is -2.31. The van der Waals surface area contributed by atoms with Crippen LogP contribution in [0.1, 0.15) is 22.7 Å². The zero-order chi connectivity index (χ0) is 27.2. The SMILES string of the molecule is C=CCOc1ccc(C(O)=C2C(=O)C(=O)N(CCN3CCOCC3)C2c2ccc(OC)c(OC)c2)c(C)c1. The van der Waals surface area contributed by atoms with Gasteiger partial charge in [0.15, 0.2) is 11.5 Å². The molecular formula is C29H34N2O7. The van der Waals surface area contributed by atoms with E-state index in [-0.39, 0.29) is 11.3 Å². The van der Waals surface area contributed by atoms with Gasteiger partial charge in [-0.15, -0.1) is 0 Å². The number of Topliss-reactive ketones (excluding diaryl/α,β-unsaturated/α-hetero) is 1. The molecule has 2 fully saturated rings. The number of carbonyl (C=O) groups excluding carboxylic acids is 2. The Morgan fingerprint density at radius 1 is 1.08 bits per heavy atom. The van der Waals surface area contributed by atoms with E-state index >= 15 is 0 Å². The molecule has 9 heteroatoms. The molecule has 0 spiro atoms. The van der Waals surface area contributed by atoms with Crippen LogP contribution in [0, 0.1) is 6.92 Å². The van der Waals surface area contributed by atoms with Gasteiger partial charge in [-0.25, -0.2) is 0 Å². The van der Waals surface area contributed by atoms with Crippen LogP contribution in [0.2, 0.25) is 0 Å². The zero-order valence-electron chi connectivity index (χ0n) is 22.1. The number of aliphatic hydroxyl groups excluding tert-OH is 1. The van der Waals surface area contributed by atoms with Crippen LogP contribution in [0.15, 0.2) is 54.6 Å². The zero-order valence-corrected chi connectivity index (χ0v) is 22.1. The molecular weight excluding hydrogens is 488 g/mol. The van der Waals surface area contributed by atoms with E-state index in [1.807, 2.05) is 6.92 Å². The van der Waals surface area contributed by atoms with Gasteiger partial charge < -0.3 is 29.0 Å². The number of hydrogen-bond donors (Lipinski definition) is 1. The number of nitrogens with zero attached hydrogens (tertiary/aromatic N) is 2. The van der Waals surface area contributed by atoms with Gasteiger partial charge in [0.1, 0.15) is 18.1 Å². The molecule has 2 aromatic carbocycles. The number of ether oxygens (including phenoxy) is 4. The Hall–Kier alpha value is -3.82. The van der Waals surface area contributed by atoms with Gasteiger partial charge >= 0.3 is 0 Å². The van der Waals surface area contributed by atoms with Crippen molar-refractivity contribution in [3.8, 4) is 17.2 Å². The fraction of sp³-hybridized carbons (Fsp3) is 0.379. The van der Waals surface area contributed by atoms with Crippen LogP contribution in [0.3, 0.4) is 0 Å². The van der Waals surface area contributed by atoms with Crippen molar-refractivity contribution in [1.82, 2.24) is 9.80 Å². The number of rotatable bonds is 10. The fourth-order valence-corrected chi connectivity index (χ4v) is 4.85. The number of methoxy groups -OCH3 is 2. The summed E-state index contributed by atoms with van der Waals surface area (Å²) in [6.07, 6.45) is 1.64. The third kappa shape index (κ3) is 5.54. The highest BCUT2D eigenvalue weighted by atomic mass is 16.5. The minimum atomic E-state index is -0.799. The van der Waals surface area contributed by atoms with Crippen LogP contribution in [0.5, 0.6) is 17.2 Å². The first-order chi connectivity index (χ1) is 18.4. The van der Waals surface area contributed by atoms with Crippen molar-refractivity contribution >= 4 is 17.4 Å². The van der Waals surface area contributed by atoms with E-state index in [1.165, 1.54) is 19.1 Å². The second kappa shape index (κ2) is 12.1. The van der Waals surface area contributed by atoms with Crippen LogP contribution in [-0.4, -0.2) is 86.8 Å². The second-order valence-electron chi connectivity index (χ2n) is 9.14. The van der Waals surface area contributed by atoms with Gasteiger partial charge in [0, 0.05) is 31.7 Å². The maximum absolute atomic E-state index is 13.4. The molecule has 1 atom stereocenters. The van der Waals surface area contributed by atoms with Crippen molar-refractivity contribution in [3.05, 3.63) is 71.3 Å². The number of benzene rings is 2. The molecule has 0 aliphatic carbocycles. The molecule has 1 unspecified atom stereocenters. The number of hydrogen-bond acceptors (Lipinski definition) is 8. The summed E-state index contributed by atoms with van der Waals surface area (Å²) in [6, 6.07) is 9.63. The van der Waals surface area contributed by atoms with Crippen LogP contribution < -0.4 is 14.2 Å². The monoisotopic (exact) mass is 522 g/mol. The van der Waals surface area contributed by atoms with Crippen molar-refractivity contribution in [3.63, 3.8) is 0 Å². The van der Waals surface area contributed by atoms with E-state index < -0.39 is 17.7 Å². The van der Waals surface area contributed by atoms with E-state index in [2.05, 4.69) is 11.5 Å². The summed E-state index contributed by atoms with van der Waals surface area (Å²) in [6.45, 7) is 9.47. The number of carbonyl (C=O) groups is 2. The molecule has 9 nitrogen and oxygen atoms in total. The maximum Gasteiger partial charge on any atom is 0.295 e. The molecule has 2 aliphatic rings. The summed E-state index contributed by atoms with van der Waals surface area (Å²) in [4.78, 5) is 30.5. The van der Waals surface area contributed by atoms with E-state index in [4.69, 9.17) is 18.9 Å². The highest BCUT2D eigenvalue weighted by Crippen LogP contribution is 2.42. The van der Waals surface area contributed by atoms with Gasteiger partial charge in [-0.3, -0.25) is 14.5 Å². The quantitative estimate of drug-likeness (QED) is 0.220. The van der Waals surface area contributed by atoms with E-state index in [9.17, 15) is 14.7 Å². The van der Waals surface area contributed by atoms with Crippen molar-refractivity contribution < 1.29 is 33.6 Å². The third-order valence-electron chi connectivity index (χ3n) is 6.84. The van der Waals surface area contributed by atoms with Crippen molar-refractivity contribution in [2.24, 2.45) is 0 Å². The molecule has 2 heterocycles. The van der Waals surface area contributed by atoms with Gasteiger partial charge in [0.25, 0.3) is 11.7 Å². The molecule has 202 valence electrons. The molecule has 0 radical (unpaired) electrons. The Labute approximate surface area is 222 Å². The van der Waals surface area contributed by atoms with Crippen molar-refractivity contribution in [2.75, 3.05) is 60.2 Å². The standard InChI is InChI=1S/C29H34N2O7/c1-5-14-38-21-7-8-22(19(2)17-21)27(32)25-26(20-6-9-23(35-3)24(18-20)36-4)31(29(34)28(25)33)11-10-30-12-15-37-16-13-30/h5-9,17-18,26,32H,1,10-16H2,2-4H3. The average Bonchev–Trinajstić information content (AvgIpc) is 3.19. The van der Waals surface area contributed by atoms with Crippen molar-refractivity contribution in [2.45, 2.75) is 13.0 Å². The summed E-state index contributed by atoms with van der Waals surface area (Å²) >= 11 is 0. The molecule has 4 rings (SSSR count). The highest BCUT2D eigenvalue weighted by molar-refractivity contribution is 6.46. The van der Waals surface area contributed by atoms with Crippen LogP contribution in [-0.2, 0) is 14.3 Å². The summed E-state index contributed by atoms with van der Waals surface area (Å²) in [7, 11) is 3.06. The predicted molar refractivity (Wildman–Crippen MR) is 143 cm³/mol. The van der Waals surface area contributed by atoms with Crippen LogP contribution >= 0.6 is 0 Å². The van der Waals surface area contributed by atoms with E-state index in [0.717, 1.165) is 13.1 Å². The highest BCUT2D eigenvalue weighted by Gasteiger charge is 2.46. The summed E-state index contributed by atoms with van der Waals surface area (Å²) in [5, 5.41) is 11.5. The number of aliphatic hydroxyl groups is 1. The minimum Gasteiger partial charge on any atom is -0.507 e. The third-order valence-corrected chi connectivity index (χ3v) is 6.84. The molecule has 1 N–H and O–H groups in total. The van der Waals surface area contributed by atoms with Gasteiger partial charge in [-0.2, -0.15) is 0 Å². The number of morpholine rings is 1. The Morgan fingerprint density at radius 2 is 1.82 bits per heavy atom. The lowest BCUT2D eigenvalue weighted by atomic mass is 9.93. The van der Waals surface area contributed by atoms with Gasteiger partial charge in [-0.1, -0.05) is 18.7 Å². The maximum atomic E-state index is 13.4. The largest absolute Gasteiger partial charge is 0.507 e. The molecule has 2 aromatic rings. The lowest BCUT2D eigenvalue weighted by molar-refractivity contribution is -0.140. The molecule has 0 saturated carbocycles. The lowest BCUT2D eigenvalue weighted by Crippen LogP contribution is -2.42. The van der Waals surface area contributed by atoms with E-state index in [1.54, 1.807) is 42.5 Å². The Bertz CT molecular complexity index is 1230. The topological polar surface area (TPSA) is 97.8 Å². The van der Waals surface area contributed by atoms with E-state index in [0.29, 0.717) is 66.8 Å². The first kappa shape index (κ1) is 27.2. The first-order valence-corrected chi connectivity index (χ1v) is 12.5. The van der Waals surface area contributed by atoms with Crippen molar-refractivity contribution in [1.29, 1.82) is 0 Å². The normalized spacial score (nSPS) is 19.4. The van der Waals surface area contributed by atoms with Gasteiger partial charge in [0.05, 0.1) is 39.0 Å². The molecule has 0 aromatic heterocycles.